The van der Waals surface area contributed by atoms with Crippen molar-refractivity contribution >= 4 is 28.6 Å². The molecule has 0 amide bonds. The Bertz CT molecular complexity index is 407. The number of carbonyl (C=O) groups excluding carboxylic acids is 1. The molecule has 1 aromatic rings. The van der Waals surface area contributed by atoms with Crippen LogP contribution in [0.3, 0.4) is 0 Å². The largest absolute Gasteiger partial charge is 0.462 e. The Morgan fingerprint density at radius 1 is 1.40 bits per heavy atom. The van der Waals surface area contributed by atoms with Gasteiger partial charge >= 0.3 is 5.97 Å². The first-order valence-electron chi connectivity index (χ1n) is 3.99. The minimum atomic E-state index is -1.59. The Kier molecular flexibility index (Phi) is 3.95. The molecule has 0 N–H and O–H groups in total. The van der Waals surface area contributed by atoms with Crippen molar-refractivity contribution in [2.45, 2.75) is 6.92 Å². The zero-order valence-corrected chi connectivity index (χ0v) is 9.77. The van der Waals surface area contributed by atoms with Crippen LogP contribution in [0.2, 0.25) is 0 Å². The maximum atomic E-state index is 13.0. The number of halogens is 4. The standard InChI is InChI=1S/C9H6F3IO2/c1-2-15-9(14)4-3-5(10)6(11)7(12)8(4)13/h3H,2H2,1H3. The van der Waals surface area contributed by atoms with Crippen LogP contribution in [-0.2, 0) is 4.74 Å². The third-order valence-corrected chi connectivity index (χ3v) is 2.65. The fraction of sp³-hybridized carbons (Fsp3) is 0.222. The SMILES string of the molecule is CCOC(=O)c1cc(F)c(F)c(F)c1I. The van der Waals surface area contributed by atoms with Crippen LogP contribution in [0, 0.1) is 21.0 Å². The van der Waals surface area contributed by atoms with Crippen molar-refractivity contribution < 1.29 is 22.7 Å². The predicted octanol–water partition coefficient (Wildman–Crippen LogP) is 2.89. The summed E-state index contributed by atoms with van der Waals surface area (Å²) >= 11 is 1.42. The van der Waals surface area contributed by atoms with Gasteiger partial charge in [-0.1, -0.05) is 0 Å². The van der Waals surface area contributed by atoms with Crippen molar-refractivity contribution in [3.8, 4) is 0 Å². The lowest BCUT2D eigenvalue weighted by Crippen LogP contribution is -2.10. The van der Waals surface area contributed by atoms with E-state index in [1.807, 2.05) is 0 Å². The van der Waals surface area contributed by atoms with Crippen LogP contribution in [0.1, 0.15) is 17.3 Å². The van der Waals surface area contributed by atoms with Crippen LogP contribution < -0.4 is 0 Å². The highest BCUT2D eigenvalue weighted by atomic mass is 127. The lowest BCUT2D eigenvalue weighted by atomic mass is 10.2. The summed E-state index contributed by atoms with van der Waals surface area (Å²) in [5.41, 5.74) is -0.311. The molecule has 0 fully saturated rings. The molecule has 1 rings (SSSR count). The van der Waals surface area contributed by atoms with E-state index in [-0.39, 0.29) is 15.7 Å². The number of carbonyl (C=O) groups is 1. The van der Waals surface area contributed by atoms with E-state index in [9.17, 15) is 18.0 Å². The minimum Gasteiger partial charge on any atom is -0.462 e. The van der Waals surface area contributed by atoms with Gasteiger partial charge in [0.15, 0.2) is 17.5 Å². The van der Waals surface area contributed by atoms with Gasteiger partial charge < -0.3 is 4.74 Å². The van der Waals surface area contributed by atoms with Gasteiger partial charge in [0.2, 0.25) is 0 Å². The van der Waals surface area contributed by atoms with Crippen molar-refractivity contribution in [2.75, 3.05) is 6.61 Å². The molecule has 0 saturated carbocycles. The third kappa shape index (κ3) is 2.42. The molecule has 0 aliphatic carbocycles. The fourth-order valence-electron chi connectivity index (χ4n) is 0.930. The van der Waals surface area contributed by atoms with Crippen molar-refractivity contribution in [3.05, 3.63) is 32.7 Å². The van der Waals surface area contributed by atoms with E-state index in [2.05, 4.69) is 4.74 Å². The molecule has 0 aliphatic heterocycles. The number of benzene rings is 1. The molecule has 0 heterocycles. The average Bonchev–Trinajstić information content (AvgIpc) is 2.20. The van der Waals surface area contributed by atoms with Gasteiger partial charge in [0, 0.05) is 0 Å². The number of esters is 1. The number of rotatable bonds is 2. The number of hydrogen-bond acceptors (Lipinski definition) is 2. The highest BCUT2D eigenvalue weighted by molar-refractivity contribution is 14.1. The summed E-state index contributed by atoms with van der Waals surface area (Å²) in [7, 11) is 0. The molecule has 0 radical (unpaired) electrons. The van der Waals surface area contributed by atoms with E-state index >= 15 is 0 Å². The van der Waals surface area contributed by atoms with Gasteiger partial charge in [-0.2, -0.15) is 0 Å². The van der Waals surface area contributed by atoms with E-state index in [1.165, 1.54) is 22.6 Å². The fourth-order valence-corrected chi connectivity index (χ4v) is 1.54. The molecule has 1 aromatic carbocycles. The van der Waals surface area contributed by atoms with E-state index in [4.69, 9.17) is 0 Å². The monoisotopic (exact) mass is 330 g/mol. The van der Waals surface area contributed by atoms with Gasteiger partial charge in [-0.25, -0.2) is 18.0 Å². The topological polar surface area (TPSA) is 26.3 Å². The van der Waals surface area contributed by atoms with E-state index in [1.54, 1.807) is 6.92 Å². The Hall–Kier alpha value is -0.790. The predicted molar refractivity (Wildman–Crippen MR) is 55.0 cm³/mol. The maximum absolute atomic E-state index is 13.0. The molecule has 0 aliphatic rings. The first-order chi connectivity index (χ1) is 6.99. The summed E-state index contributed by atoms with van der Waals surface area (Å²) < 4.78 is 42.8. The van der Waals surface area contributed by atoms with E-state index in [0.717, 1.165) is 0 Å². The highest BCUT2D eigenvalue weighted by Crippen LogP contribution is 2.22. The second-order valence-corrected chi connectivity index (χ2v) is 3.65. The molecular weight excluding hydrogens is 324 g/mol. The van der Waals surface area contributed by atoms with Crippen molar-refractivity contribution in [1.82, 2.24) is 0 Å². The average molecular weight is 330 g/mol. The van der Waals surface area contributed by atoms with E-state index in [0.29, 0.717) is 6.07 Å². The van der Waals surface area contributed by atoms with Gasteiger partial charge in [0.25, 0.3) is 0 Å². The van der Waals surface area contributed by atoms with Crippen LogP contribution in [-0.4, -0.2) is 12.6 Å². The first kappa shape index (κ1) is 12.3. The van der Waals surface area contributed by atoms with Crippen LogP contribution in [0.5, 0.6) is 0 Å². The number of hydrogen-bond donors (Lipinski definition) is 0. The quantitative estimate of drug-likeness (QED) is 0.361. The minimum absolute atomic E-state index is 0.0789. The molecule has 0 bridgehead atoms. The summed E-state index contributed by atoms with van der Waals surface area (Å²) in [6, 6.07) is 0.623. The molecule has 0 aromatic heterocycles. The van der Waals surface area contributed by atoms with Crippen LogP contribution in [0.4, 0.5) is 13.2 Å². The zero-order valence-electron chi connectivity index (χ0n) is 7.61. The Labute approximate surface area is 97.6 Å². The number of ether oxygens (including phenoxy) is 1. The van der Waals surface area contributed by atoms with Gasteiger partial charge in [-0.15, -0.1) is 0 Å². The van der Waals surface area contributed by atoms with Crippen LogP contribution >= 0.6 is 22.6 Å². The molecule has 82 valence electrons. The normalized spacial score (nSPS) is 10.2. The molecule has 0 spiro atoms. The van der Waals surface area contributed by atoms with Crippen LogP contribution in [0.25, 0.3) is 0 Å². The van der Waals surface area contributed by atoms with Gasteiger partial charge in [0.05, 0.1) is 15.7 Å². The Morgan fingerprint density at radius 3 is 2.53 bits per heavy atom. The molecule has 0 unspecified atom stereocenters. The summed E-state index contributed by atoms with van der Waals surface area (Å²) in [5, 5.41) is 0. The Morgan fingerprint density at radius 2 is 2.00 bits per heavy atom. The molecule has 0 atom stereocenters. The second kappa shape index (κ2) is 4.82. The lowest BCUT2D eigenvalue weighted by molar-refractivity contribution is 0.0523. The summed E-state index contributed by atoms with van der Waals surface area (Å²) in [6.07, 6.45) is 0. The van der Waals surface area contributed by atoms with Crippen molar-refractivity contribution in [2.24, 2.45) is 0 Å². The molecule has 15 heavy (non-hydrogen) atoms. The molecule has 2 nitrogen and oxygen atoms in total. The first-order valence-corrected chi connectivity index (χ1v) is 5.07. The second-order valence-electron chi connectivity index (χ2n) is 2.57. The molecule has 0 saturated heterocycles. The molecular formula is C9H6F3IO2. The van der Waals surface area contributed by atoms with Gasteiger partial charge in [-0.05, 0) is 35.6 Å². The zero-order chi connectivity index (χ0) is 11.6. The van der Waals surface area contributed by atoms with Crippen molar-refractivity contribution in [1.29, 1.82) is 0 Å². The summed E-state index contributed by atoms with van der Waals surface area (Å²) in [5.74, 6) is -5.25. The highest BCUT2D eigenvalue weighted by Gasteiger charge is 2.21. The van der Waals surface area contributed by atoms with Crippen molar-refractivity contribution in [3.63, 3.8) is 0 Å². The van der Waals surface area contributed by atoms with E-state index < -0.39 is 23.4 Å². The van der Waals surface area contributed by atoms with Crippen LogP contribution in [0.15, 0.2) is 6.07 Å². The van der Waals surface area contributed by atoms with Gasteiger partial charge in [-0.3, -0.25) is 0 Å². The molecule has 6 heteroatoms. The van der Waals surface area contributed by atoms with Gasteiger partial charge in [0.1, 0.15) is 0 Å². The Balaban J connectivity index is 3.26. The third-order valence-electron chi connectivity index (χ3n) is 1.60. The lowest BCUT2D eigenvalue weighted by Gasteiger charge is -2.06. The summed E-state index contributed by atoms with van der Waals surface area (Å²) in [6.45, 7) is 1.64. The maximum Gasteiger partial charge on any atom is 0.339 e. The smallest absolute Gasteiger partial charge is 0.339 e. The summed E-state index contributed by atoms with van der Waals surface area (Å²) in [4.78, 5) is 11.2.